The van der Waals surface area contributed by atoms with E-state index >= 15 is 0 Å². The third-order valence-corrected chi connectivity index (χ3v) is 6.60. The molecule has 1 heterocycles. The molecule has 1 fully saturated rings. The fourth-order valence-corrected chi connectivity index (χ4v) is 4.54. The molecule has 0 saturated carbocycles. The summed E-state index contributed by atoms with van der Waals surface area (Å²) in [7, 11) is -3.53. The number of nitrogens with one attached hydrogen (secondary N) is 2. The van der Waals surface area contributed by atoms with Crippen LogP contribution in [-0.4, -0.2) is 37.6 Å². The highest BCUT2D eigenvalue weighted by Gasteiger charge is 2.27. The Morgan fingerprint density at radius 3 is 2.17 bits per heavy atom. The van der Waals surface area contributed by atoms with E-state index in [1.54, 1.807) is 12.1 Å². The van der Waals surface area contributed by atoms with Crippen LogP contribution in [0.3, 0.4) is 0 Å². The van der Waals surface area contributed by atoms with Gasteiger partial charge in [-0.2, -0.15) is 4.31 Å². The lowest BCUT2D eigenvalue weighted by molar-refractivity contribution is -0.121. The second-order valence-corrected chi connectivity index (χ2v) is 8.70. The molecule has 0 aromatic heterocycles. The van der Waals surface area contributed by atoms with Crippen molar-refractivity contribution in [2.45, 2.75) is 30.6 Å². The van der Waals surface area contributed by atoms with E-state index in [9.17, 15) is 22.4 Å². The number of carbonyl (C=O) groups is 2. The predicted octanol–water partition coefficient (Wildman–Crippen LogP) is 2.00. The summed E-state index contributed by atoms with van der Waals surface area (Å²) in [6.45, 7) is 1.02. The van der Waals surface area contributed by atoms with Gasteiger partial charge in [0.15, 0.2) is 0 Å². The van der Waals surface area contributed by atoms with Crippen LogP contribution < -0.4 is 10.9 Å². The monoisotopic (exact) mass is 419 g/mol. The topological polar surface area (TPSA) is 95.6 Å². The average molecular weight is 419 g/mol. The van der Waals surface area contributed by atoms with Crippen LogP contribution in [0.15, 0.2) is 53.4 Å². The van der Waals surface area contributed by atoms with Gasteiger partial charge in [0, 0.05) is 25.1 Å². The van der Waals surface area contributed by atoms with Gasteiger partial charge in [0.05, 0.1) is 4.90 Å². The van der Waals surface area contributed by atoms with E-state index in [1.165, 1.54) is 40.7 Å². The van der Waals surface area contributed by atoms with Crippen LogP contribution in [0, 0.1) is 5.82 Å². The number of hydrogen-bond acceptors (Lipinski definition) is 4. The Morgan fingerprint density at radius 1 is 0.931 bits per heavy atom. The Morgan fingerprint density at radius 2 is 1.55 bits per heavy atom. The number of benzene rings is 2. The first-order valence-corrected chi connectivity index (χ1v) is 10.7. The molecule has 1 aliphatic rings. The number of carbonyl (C=O) groups excluding carboxylic acids is 2. The molecular formula is C20H22FN3O4S. The van der Waals surface area contributed by atoms with Gasteiger partial charge in [0.1, 0.15) is 5.82 Å². The summed E-state index contributed by atoms with van der Waals surface area (Å²) in [4.78, 5) is 24.2. The molecule has 2 aromatic carbocycles. The fourth-order valence-electron chi connectivity index (χ4n) is 3.03. The maximum absolute atomic E-state index is 12.9. The summed E-state index contributed by atoms with van der Waals surface area (Å²) in [5.41, 5.74) is 5.65. The smallest absolute Gasteiger partial charge is 0.269 e. The van der Waals surface area contributed by atoms with Crippen molar-refractivity contribution in [3.63, 3.8) is 0 Å². The minimum atomic E-state index is -3.53. The lowest BCUT2D eigenvalue weighted by Gasteiger charge is -2.15. The number of hydrogen-bond donors (Lipinski definition) is 2. The summed E-state index contributed by atoms with van der Waals surface area (Å²) >= 11 is 0. The largest absolute Gasteiger partial charge is 0.273 e. The molecule has 0 unspecified atom stereocenters. The lowest BCUT2D eigenvalue weighted by atomic mass is 10.1. The minimum absolute atomic E-state index is 0.124. The number of amides is 2. The molecule has 0 spiro atoms. The van der Waals surface area contributed by atoms with Crippen molar-refractivity contribution in [1.82, 2.24) is 15.2 Å². The summed E-state index contributed by atoms with van der Waals surface area (Å²) < 4.78 is 39.3. The zero-order chi connectivity index (χ0) is 20.9. The van der Waals surface area contributed by atoms with Crippen LogP contribution in [0.2, 0.25) is 0 Å². The van der Waals surface area contributed by atoms with Crippen LogP contribution in [0.25, 0.3) is 0 Å². The molecule has 0 bridgehead atoms. The number of aryl methyl sites for hydroxylation is 1. The highest BCUT2D eigenvalue weighted by atomic mass is 32.2. The van der Waals surface area contributed by atoms with E-state index in [1.807, 2.05) is 0 Å². The van der Waals surface area contributed by atoms with E-state index in [2.05, 4.69) is 10.9 Å². The molecule has 0 radical (unpaired) electrons. The SMILES string of the molecule is O=C(CCc1ccc(F)cc1)NNC(=O)c1ccc(S(=O)(=O)N2CCCC2)cc1. The van der Waals surface area contributed by atoms with Crippen LogP contribution in [0.1, 0.15) is 35.2 Å². The molecule has 2 N–H and O–H groups in total. The molecule has 29 heavy (non-hydrogen) atoms. The second kappa shape index (κ2) is 9.15. The quantitative estimate of drug-likeness (QED) is 0.700. The Bertz CT molecular complexity index is 970. The number of halogens is 1. The van der Waals surface area contributed by atoms with Crippen molar-refractivity contribution in [1.29, 1.82) is 0 Å². The van der Waals surface area contributed by atoms with E-state index in [0.29, 0.717) is 19.5 Å². The van der Waals surface area contributed by atoms with Gasteiger partial charge in [0.2, 0.25) is 15.9 Å². The Balaban J connectivity index is 1.50. The predicted molar refractivity (Wildman–Crippen MR) is 105 cm³/mol. The van der Waals surface area contributed by atoms with Gasteiger partial charge < -0.3 is 0 Å². The average Bonchev–Trinajstić information content (AvgIpc) is 3.27. The molecule has 1 saturated heterocycles. The molecule has 0 atom stereocenters. The highest BCUT2D eigenvalue weighted by Crippen LogP contribution is 2.21. The first-order valence-electron chi connectivity index (χ1n) is 9.30. The number of sulfonamides is 1. The van der Waals surface area contributed by atoms with E-state index < -0.39 is 21.8 Å². The fraction of sp³-hybridized carbons (Fsp3) is 0.300. The second-order valence-electron chi connectivity index (χ2n) is 6.76. The van der Waals surface area contributed by atoms with E-state index in [-0.39, 0.29) is 22.7 Å². The van der Waals surface area contributed by atoms with Crippen molar-refractivity contribution >= 4 is 21.8 Å². The molecule has 154 valence electrons. The lowest BCUT2D eigenvalue weighted by Crippen LogP contribution is -2.41. The van der Waals surface area contributed by atoms with Gasteiger partial charge in [-0.05, 0) is 61.2 Å². The van der Waals surface area contributed by atoms with Gasteiger partial charge in [-0.15, -0.1) is 0 Å². The van der Waals surface area contributed by atoms with E-state index in [0.717, 1.165) is 18.4 Å². The summed E-state index contributed by atoms with van der Waals surface area (Å²) in [5, 5.41) is 0. The molecule has 2 amide bonds. The number of rotatable bonds is 6. The van der Waals surface area contributed by atoms with Crippen molar-refractivity contribution in [3.05, 3.63) is 65.5 Å². The molecule has 3 rings (SSSR count). The van der Waals surface area contributed by atoms with Gasteiger partial charge in [-0.1, -0.05) is 12.1 Å². The van der Waals surface area contributed by atoms with Gasteiger partial charge in [-0.25, -0.2) is 12.8 Å². The Kier molecular flexibility index (Phi) is 6.60. The van der Waals surface area contributed by atoms with Crippen molar-refractivity contribution in [3.8, 4) is 0 Å². The van der Waals surface area contributed by atoms with Crippen molar-refractivity contribution in [2.75, 3.05) is 13.1 Å². The Labute approximate surface area is 168 Å². The first-order chi connectivity index (χ1) is 13.9. The van der Waals surface area contributed by atoms with Gasteiger partial charge >= 0.3 is 0 Å². The first kappa shape index (κ1) is 20.9. The van der Waals surface area contributed by atoms with Gasteiger partial charge in [-0.3, -0.25) is 20.4 Å². The molecule has 7 nitrogen and oxygen atoms in total. The molecule has 2 aromatic rings. The number of nitrogens with zero attached hydrogens (tertiary/aromatic N) is 1. The van der Waals surface area contributed by atoms with Crippen LogP contribution in [0.5, 0.6) is 0 Å². The zero-order valence-electron chi connectivity index (χ0n) is 15.7. The maximum atomic E-state index is 12.9. The normalized spacial score (nSPS) is 14.5. The van der Waals surface area contributed by atoms with Crippen LogP contribution in [-0.2, 0) is 21.2 Å². The zero-order valence-corrected chi connectivity index (χ0v) is 16.5. The van der Waals surface area contributed by atoms with Gasteiger partial charge in [0.25, 0.3) is 5.91 Å². The molecule has 1 aliphatic heterocycles. The highest BCUT2D eigenvalue weighted by molar-refractivity contribution is 7.89. The molecular weight excluding hydrogens is 397 g/mol. The molecule has 9 heteroatoms. The third kappa shape index (κ3) is 5.39. The summed E-state index contributed by atoms with van der Waals surface area (Å²) in [6.07, 6.45) is 2.23. The molecule has 0 aliphatic carbocycles. The van der Waals surface area contributed by atoms with Crippen LogP contribution >= 0.6 is 0 Å². The summed E-state index contributed by atoms with van der Waals surface area (Å²) in [5.74, 6) is -1.29. The van der Waals surface area contributed by atoms with Crippen molar-refractivity contribution in [2.24, 2.45) is 0 Å². The van der Waals surface area contributed by atoms with Crippen LogP contribution in [0.4, 0.5) is 4.39 Å². The standard InChI is InChI=1S/C20H22FN3O4S/c21-17-8-3-15(4-9-17)5-12-19(25)22-23-20(26)16-6-10-18(11-7-16)29(27,28)24-13-1-2-14-24/h3-4,6-11H,1-2,5,12-14H2,(H,22,25)(H,23,26). The van der Waals surface area contributed by atoms with Crippen molar-refractivity contribution < 1.29 is 22.4 Å². The third-order valence-electron chi connectivity index (χ3n) is 4.69. The number of hydrazine groups is 1. The Hall–Kier alpha value is -2.78. The summed E-state index contributed by atoms with van der Waals surface area (Å²) in [6, 6.07) is 11.4. The minimum Gasteiger partial charge on any atom is -0.273 e. The van der Waals surface area contributed by atoms with E-state index in [4.69, 9.17) is 0 Å². The maximum Gasteiger partial charge on any atom is 0.269 e.